The van der Waals surface area contributed by atoms with Gasteiger partial charge in [0, 0.05) is 6.54 Å². The first-order valence-electron chi connectivity index (χ1n) is 7.43. The molecule has 5 heteroatoms. The number of benzene rings is 2. The summed E-state index contributed by atoms with van der Waals surface area (Å²) in [6.45, 7) is 4.49. The third kappa shape index (κ3) is 4.99. The maximum Gasteiger partial charge on any atom is 0.315 e. The fraction of sp³-hybridized carbons (Fsp3) is 0.278. The number of rotatable bonds is 5. The van der Waals surface area contributed by atoms with Crippen LogP contribution >= 0.6 is 15.9 Å². The molecule has 2 aromatic carbocycles. The second-order valence-corrected chi connectivity index (χ2v) is 6.28. The van der Waals surface area contributed by atoms with E-state index < -0.39 is 0 Å². The highest BCUT2D eigenvalue weighted by Gasteiger charge is 2.11. The van der Waals surface area contributed by atoms with Crippen molar-refractivity contribution in [3.05, 3.63) is 63.6 Å². The number of hydrogen-bond acceptors (Lipinski definition) is 2. The number of urea groups is 1. The molecule has 0 saturated carbocycles. The lowest BCUT2D eigenvalue weighted by Crippen LogP contribution is -2.36. The molecule has 2 rings (SSSR count). The zero-order valence-electron chi connectivity index (χ0n) is 13.5. The van der Waals surface area contributed by atoms with Crippen molar-refractivity contribution < 1.29 is 9.53 Å². The number of methoxy groups -OCH3 is 1. The van der Waals surface area contributed by atoms with Crippen molar-refractivity contribution in [2.75, 3.05) is 7.11 Å². The third-order valence-corrected chi connectivity index (χ3v) is 4.22. The van der Waals surface area contributed by atoms with Gasteiger partial charge < -0.3 is 15.4 Å². The molecule has 0 bridgehead atoms. The summed E-state index contributed by atoms with van der Waals surface area (Å²) < 4.78 is 6.08. The smallest absolute Gasteiger partial charge is 0.315 e. The zero-order chi connectivity index (χ0) is 16.8. The van der Waals surface area contributed by atoms with Crippen LogP contribution < -0.4 is 15.4 Å². The molecule has 0 aliphatic carbocycles. The second-order valence-electron chi connectivity index (χ2n) is 5.43. The van der Waals surface area contributed by atoms with Crippen molar-refractivity contribution in [2.24, 2.45) is 0 Å². The van der Waals surface area contributed by atoms with E-state index in [-0.39, 0.29) is 12.1 Å². The predicted octanol–water partition coefficient (Wildman–Crippen LogP) is 4.33. The van der Waals surface area contributed by atoms with Gasteiger partial charge in [-0.1, -0.05) is 35.9 Å². The summed E-state index contributed by atoms with van der Waals surface area (Å²) >= 11 is 3.46. The van der Waals surface area contributed by atoms with Crippen molar-refractivity contribution in [1.29, 1.82) is 0 Å². The van der Waals surface area contributed by atoms with Crippen LogP contribution in [0.5, 0.6) is 5.75 Å². The first-order valence-corrected chi connectivity index (χ1v) is 8.22. The van der Waals surface area contributed by atoms with Crippen LogP contribution in [0.3, 0.4) is 0 Å². The Kier molecular flexibility index (Phi) is 6.04. The minimum absolute atomic E-state index is 0.102. The molecule has 0 heterocycles. The van der Waals surface area contributed by atoms with Crippen molar-refractivity contribution in [2.45, 2.75) is 26.4 Å². The molecule has 0 aliphatic heterocycles. The largest absolute Gasteiger partial charge is 0.496 e. The topological polar surface area (TPSA) is 50.4 Å². The molecule has 2 N–H and O–H groups in total. The van der Waals surface area contributed by atoms with Crippen molar-refractivity contribution in [1.82, 2.24) is 10.6 Å². The summed E-state index contributed by atoms with van der Waals surface area (Å²) in [5, 5.41) is 5.80. The Labute approximate surface area is 145 Å². The molecule has 0 saturated heterocycles. The highest BCUT2D eigenvalue weighted by atomic mass is 79.9. The van der Waals surface area contributed by atoms with Crippen LogP contribution in [-0.2, 0) is 6.54 Å². The molecule has 4 nitrogen and oxygen atoms in total. The first-order chi connectivity index (χ1) is 11.0. The molecule has 0 radical (unpaired) electrons. The van der Waals surface area contributed by atoms with E-state index in [2.05, 4.69) is 26.6 Å². The van der Waals surface area contributed by atoms with E-state index in [1.807, 2.05) is 56.3 Å². The van der Waals surface area contributed by atoms with E-state index in [1.165, 1.54) is 5.56 Å². The van der Waals surface area contributed by atoms with Crippen LogP contribution in [-0.4, -0.2) is 13.1 Å². The lowest BCUT2D eigenvalue weighted by molar-refractivity contribution is 0.237. The van der Waals surface area contributed by atoms with Gasteiger partial charge in [0.2, 0.25) is 0 Å². The molecule has 0 aliphatic rings. The summed E-state index contributed by atoms with van der Waals surface area (Å²) in [7, 11) is 1.62. The molecule has 0 fully saturated rings. The van der Waals surface area contributed by atoms with Gasteiger partial charge in [0.25, 0.3) is 0 Å². The van der Waals surface area contributed by atoms with Gasteiger partial charge in [0.05, 0.1) is 17.6 Å². The van der Waals surface area contributed by atoms with Crippen molar-refractivity contribution in [3.63, 3.8) is 0 Å². The highest BCUT2D eigenvalue weighted by molar-refractivity contribution is 9.10. The van der Waals surface area contributed by atoms with Gasteiger partial charge in [0.15, 0.2) is 0 Å². The Morgan fingerprint density at radius 1 is 1.22 bits per heavy atom. The van der Waals surface area contributed by atoms with E-state index >= 15 is 0 Å². The van der Waals surface area contributed by atoms with Gasteiger partial charge in [0.1, 0.15) is 5.75 Å². The lowest BCUT2D eigenvalue weighted by Gasteiger charge is -2.16. The number of carbonyl (C=O) groups excluding carboxylic acids is 1. The van der Waals surface area contributed by atoms with E-state index in [9.17, 15) is 4.79 Å². The van der Waals surface area contributed by atoms with E-state index in [0.29, 0.717) is 6.54 Å². The molecule has 1 unspecified atom stereocenters. The van der Waals surface area contributed by atoms with E-state index in [0.717, 1.165) is 21.3 Å². The fourth-order valence-corrected chi connectivity index (χ4v) is 2.73. The molecular formula is C18H21BrN2O2. The number of nitrogens with one attached hydrogen (secondary N) is 2. The Hall–Kier alpha value is -2.01. The van der Waals surface area contributed by atoms with Crippen LogP contribution in [0, 0.1) is 6.92 Å². The minimum Gasteiger partial charge on any atom is -0.496 e. The van der Waals surface area contributed by atoms with Gasteiger partial charge in [-0.05, 0) is 53.0 Å². The maximum absolute atomic E-state index is 12.0. The summed E-state index contributed by atoms with van der Waals surface area (Å²) in [5.41, 5.74) is 3.28. The third-order valence-electron chi connectivity index (χ3n) is 3.60. The van der Waals surface area contributed by atoms with E-state index in [1.54, 1.807) is 7.11 Å². The monoisotopic (exact) mass is 376 g/mol. The SMILES string of the molecule is COc1ccc(C(C)NC(=O)NCc2ccc(C)cc2)cc1Br. The van der Waals surface area contributed by atoms with E-state index in [4.69, 9.17) is 4.74 Å². The number of carbonyl (C=O) groups is 1. The second kappa shape index (κ2) is 8.02. The van der Waals surface area contributed by atoms with Gasteiger partial charge in [-0.2, -0.15) is 0 Å². The standard InChI is InChI=1S/C18H21BrN2O2/c1-12-4-6-14(7-5-12)11-20-18(22)21-13(2)15-8-9-17(23-3)16(19)10-15/h4-10,13H,11H2,1-3H3,(H2,20,21,22). The Balaban J connectivity index is 1.89. The number of aryl methyl sites for hydroxylation is 1. The predicted molar refractivity (Wildman–Crippen MR) is 95.7 cm³/mol. The highest BCUT2D eigenvalue weighted by Crippen LogP contribution is 2.27. The van der Waals surface area contributed by atoms with Gasteiger partial charge >= 0.3 is 6.03 Å². The van der Waals surface area contributed by atoms with Crippen LogP contribution in [0.1, 0.15) is 29.7 Å². The van der Waals surface area contributed by atoms with Gasteiger partial charge in [-0.15, -0.1) is 0 Å². The Morgan fingerprint density at radius 2 is 1.91 bits per heavy atom. The van der Waals surface area contributed by atoms with Gasteiger partial charge in [-0.3, -0.25) is 0 Å². The molecule has 122 valence electrons. The summed E-state index contributed by atoms with van der Waals surface area (Å²) in [4.78, 5) is 12.0. The number of halogens is 1. The lowest BCUT2D eigenvalue weighted by atomic mass is 10.1. The maximum atomic E-state index is 12.0. The molecule has 0 spiro atoms. The van der Waals surface area contributed by atoms with Crippen LogP contribution in [0.25, 0.3) is 0 Å². The minimum atomic E-state index is -0.190. The molecule has 2 amide bonds. The molecule has 0 aromatic heterocycles. The Bertz CT molecular complexity index is 671. The average Bonchev–Trinajstić information content (AvgIpc) is 2.54. The quantitative estimate of drug-likeness (QED) is 0.815. The van der Waals surface area contributed by atoms with Crippen molar-refractivity contribution >= 4 is 22.0 Å². The molecule has 1 atom stereocenters. The summed E-state index contributed by atoms with van der Waals surface area (Å²) in [5.74, 6) is 0.768. The molecule has 2 aromatic rings. The van der Waals surface area contributed by atoms with Crippen LogP contribution in [0.15, 0.2) is 46.9 Å². The van der Waals surface area contributed by atoms with Gasteiger partial charge in [-0.25, -0.2) is 4.79 Å². The number of ether oxygens (including phenoxy) is 1. The normalized spacial score (nSPS) is 11.7. The average molecular weight is 377 g/mol. The fourth-order valence-electron chi connectivity index (χ4n) is 2.17. The first kappa shape index (κ1) is 17.3. The molecule has 23 heavy (non-hydrogen) atoms. The summed E-state index contributed by atoms with van der Waals surface area (Å²) in [6, 6.07) is 13.6. The van der Waals surface area contributed by atoms with Crippen molar-refractivity contribution in [3.8, 4) is 5.75 Å². The zero-order valence-corrected chi connectivity index (χ0v) is 15.1. The van der Waals surface area contributed by atoms with Crippen LogP contribution in [0.2, 0.25) is 0 Å². The Morgan fingerprint density at radius 3 is 2.52 bits per heavy atom. The molecular weight excluding hydrogens is 356 g/mol. The number of amides is 2. The summed E-state index contributed by atoms with van der Waals surface area (Å²) in [6.07, 6.45) is 0. The number of hydrogen-bond donors (Lipinski definition) is 2. The van der Waals surface area contributed by atoms with Crippen LogP contribution in [0.4, 0.5) is 4.79 Å².